The number of nitrogens with two attached hydrogens (primary N) is 1. The molecule has 10 heavy (non-hydrogen) atoms. The van der Waals surface area contributed by atoms with Crippen LogP contribution < -0.4 is 5.73 Å². The van der Waals surface area contributed by atoms with Crippen molar-refractivity contribution in [1.82, 2.24) is 0 Å². The van der Waals surface area contributed by atoms with Crippen LogP contribution in [0.25, 0.3) is 0 Å². The smallest absolute Gasteiger partial charge is 0.106 e. The van der Waals surface area contributed by atoms with E-state index in [9.17, 15) is 0 Å². The lowest BCUT2D eigenvalue weighted by molar-refractivity contribution is 0.210. The Kier molecular flexibility index (Phi) is 2.68. The van der Waals surface area contributed by atoms with E-state index in [0.717, 1.165) is 18.6 Å². The average molecular weight is 142 g/mol. The second kappa shape index (κ2) is 3.56. The van der Waals surface area contributed by atoms with E-state index in [1.54, 1.807) is 7.11 Å². The zero-order valence-electron chi connectivity index (χ0n) is 6.34. The van der Waals surface area contributed by atoms with Gasteiger partial charge in [-0.25, -0.2) is 0 Å². The molecule has 1 aliphatic rings. The van der Waals surface area contributed by atoms with Crippen molar-refractivity contribution < 1.29 is 4.84 Å². The zero-order valence-corrected chi connectivity index (χ0v) is 6.34. The molecule has 1 atom stereocenters. The summed E-state index contributed by atoms with van der Waals surface area (Å²) in [5, 5.41) is 3.86. The van der Waals surface area contributed by atoms with Crippen LogP contribution in [0.3, 0.4) is 0 Å². The SMILES string of the molecule is CO/N=C1/CCCCC1N. The summed E-state index contributed by atoms with van der Waals surface area (Å²) in [4.78, 5) is 4.66. The first-order valence-electron chi connectivity index (χ1n) is 3.70. The number of nitrogens with zero attached hydrogens (tertiary/aromatic N) is 1. The molecule has 0 aromatic rings. The van der Waals surface area contributed by atoms with Gasteiger partial charge >= 0.3 is 0 Å². The molecular weight excluding hydrogens is 128 g/mol. The summed E-state index contributed by atoms with van der Waals surface area (Å²) in [5.41, 5.74) is 6.78. The summed E-state index contributed by atoms with van der Waals surface area (Å²) in [7, 11) is 1.56. The predicted molar refractivity (Wildman–Crippen MR) is 40.9 cm³/mol. The molecule has 58 valence electrons. The third-order valence-electron chi connectivity index (χ3n) is 1.83. The van der Waals surface area contributed by atoms with Crippen LogP contribution in [0, 0.1) is 0 Å². The van der Waals surface area contributed by atoms with Crippen LogP contribution in [0.2, 0.25) is 0 Å². The lowest BCUT2D eigenvalue weighted by atomic mass is 9.94. The molecule has 0 radical (unpaired) electrons. The van der Waals surface area contributed by atoms with Gasteiger partial charge in [-0.3, -0.25) is 0 Å². The summed E-state index contributed by atoms with van der Waals surface area (Å²) in [5.74, 6) is 0. The van der Waals surface area contributed by atoms with Crippen molar-refractivity contribution in [3.8, 4) is 0 Å². The fourth-order valence-electron chi connectivity index (χ4n) is 1.25. The molecule has 0 saturated heterocycles. The van der Waals surface area contributed by atoms with Crippen LogP contribution in [0.1, 0.15) is 25.7 Å². The summed E-state index contributed by atoms with van der Waals surface area (Å²) >= 11 is 0. The first kappa shape index (κ1) is 7.54. The van der Waals surface area contributed by atoms with Gasteiger partial charge in [-0.2, -0.15) is 0 Å². The highest BCUT2D eigenvalue weighted by Crippen LogP contribution is 2.13. The molecule has 0 amide bonds. The van der Waals surface area contributed by atoms with Gasteiger partial charge < -0.3 is 10.6 Å². The van der Waals surface area contributed by atoms with Crippen molar-refractivity contribution >= 4 is 5.71 Å². The van der Waals surface area contributed by atoms with Gasteiger partial charge in [-0.05, 0) is 19.3 Å². The van der Waals surface area contributed by atoms with Crippen LogP contribution in [0.15, 0.2) is 5.16 Å². The Bertz CT molecular complexity index is 134. The van der Waals surface area contributed by atoms with Gasteiger partial charge in [-0.1, -0.05) is 11.6 Å². The second-order valence-corrected chi connectivity index (χ2v) is 2.62. The topological polar surface area (TPSA) is 47.6 Å². The highest BCUT2D eigenvalue weighted by atomic mass is 16.6. The Morgan fingerprint density at radius 3 is 3.00 bits per heavy atom. The minimum Gasteiger partial charge on any atom is -0.399 e. The molecule has 0 aliphatic heterocycles. The molecule has 3 heteroatoms. The summed E-state index contributed by atoms with van der Waals surface area (Å²) in [6, 6.07) is 0.147. The van der Waals surface area contributed by atoms with Crippen molar-refractivity contribution in [3.05, 3.63) is 0 Å². The quantitative estimate of drug-likeness (QED) is 0.553. The molecule has 0 bridgehead atoms. The highest BCUT2D eigenvalue weighted by molar-refractivity contribution is 5.89. The van der Waals surface area contributed by atoms with Crippen LogP contribution >= 0.6 is 0 Å². The first-order valence-corrected chi connectivity index (χ1v) is 3.70. The summed E-state index contributed by atoms with van der Waals surface area (Å²) < 4.78 is 0. The second-order valence-electron chi connectivity index (χ2n) is 2.62. The lowest BCUT2D eigenvalue weighted by Gasteiger charge is -2.18. The van der Waals surface area contributed by atoms with Crippen molar-refractivity contribution in [3.63, 3.8) is 0 Å². The van der Waals surface area contributed by atoms with Crippen LogP contribution in [-0.4, -0.2) is 18.9 Å². The van der Waals surface area contributed by atoms with E-state index in [2.05, 4.69) is 9.99 Å². The van der Waals surface area contributed by atoms with E-state index in [4.69, 9.17) is 5.73 Å². The van der Waals surface area contributed by atoms with Crippen LogP contribution in [0.4, 0.5) is 0 Å². The third-order valence-corrected chi connectivity index (χ3v) is 1.83. The molecule has 0 aromatic carbocycles. The van der Waals surface area contributed by atoms with Gasteiger partial charge in [0.25, 0.3) is 0 Å². The molecule has 1 aliphatic carbocycles. The molecule has 2 N–H and O–H groups in total. The maximum Gasteiger partial charge on any atom is 0.106 e. The Balaban J connectivity index is 2.47. The number of hydrogen-bond acceptors (Lipinski definition) is 3. The van der Waals surface area contributed by atoms with E-state index in [1.165, 1.54) is 12.8 Å². The Morgan fingerprint density at radius 2 is 2.40 bits per heavy atom. The summed E-state index contributed by atoms with van der Waals surface area (Å²) in [6.45, 7) is 0. The molecule has 1 fully saturated rings. The third kappa shape index (κ3) is 1.70. The van der Waals surface area contributed by atoms with Crippen LogP contribution in [-0.2, 0) is 4.84 Å². The minimum absolute atomic E-state index is 0.147. The Labute approximate surface area is 61.2 Å². The number of oxime groups is 1. The Hall–Kier alpha value is -0.570. The summed E-state index contributed by atoms with van der Waals surface area (Å²) in [6.07, 6.45) is 4.50. The standard InChI is InChI=1S/C7H14N2O/c1-10-9-7-5-3-2-4-6(7)8/h6H,2-5,8H2,1H3/b9-7-. The molecule has 1 saturated carbocycles. The number of hydrogen-bond donors (Lipinski definition) is 1. The average Bonchev–Trinajstić information content (AvgIpc) is 1.94. The fourth-order valence-corrected chi connectivity index (χ4v) is 1.25. The van der Waals surface area contributed by atoms with Gasteiger partial charge in [0.05, 0.1) is 5.71 Å². The number of rotatable bonds is 1. The molecule has 0 heterocycles. The van der Waals surface area contributed by atoms with E-state index in [1.807, 2.05) is 0 Å². The van der Waals surface area contributed by atoms with E-state index >= 15 is 0 Å². The van der Waals surface area contributed by atoms with Crippen molar-refractivity contribution in [1.29, 1.82) is 0 Å². The zero-order chi connectivity index (χ0) is 7.40. The molecule has 1 rings (SSSR count). The monoisotopic (exact) mass is 142 g/mol. The normalized spacial score (nSPS) is 30.6. The van der Waals surface area contributed by atoms with Gasteiger partial charge in [0.15, 0.2) is 0 Å². The van der Waals surface area contributed by atoms with Crippen molar-refractivity contribution in [2.45, 2.75) is 31.7 Å². The largest absolute Gasteiger partial charge is 0.399 e. The van der Waals surface area contributed by atoms with E-state index in [0.29, 0.717) is 0 Å². The fraction of sp³-hybridized carbons (Fsp3) is 0.857. The van der Waals surface area contributed by atoms with Gasteiger partial charge in [0.1, 0.15) is 7.11 Å². The molecule has 0 spiro atoms. The maximum atomic E-state index is 5.75. The van der Waals surface area contributed by atoms with Crippen molar-refractivity contribution in [2.75, 3.05) is 7.11 Å². The van der Waals surface area contributed by atoms with Gasteiger partial charge in [-0.15, -0.1) is 0 Å². The van der Waals surface area contributed by atoms with Crippen molar-refractivity contribution in [2.24, 2.45) is 10.9 Å². The molecule has 3 nitrogen and oxygen atoms in total. The molecule has 1 unspecified atom stereocenters. The van der Waals surface area contributed by atoms with Gasteiger partial charge in [0.2, 0.25) is 0 Å². The maximum absolute atomic E-state index is 5.75. The van der Waals surface area contributed by atoms with E-state index in [-0.39, 0.29) is 6.04 Å². The lowest BCUT2D eigenvalue weighted by Crippen LogP contribution is -2.33. The highest BCUT2D eigenvalue weighted by Gasteiger charge is 2.16. The molecule has 0 aromatic heterocycles. The minimum atomic E-state index is 0.147. The molecular formula is C7H14N2O. The van der Waals surface area contributed by atoms with Gasteiger partial charge in [0, 0.05) is 6.04 Å². The predicted octanol–water partition coefficient (Wildman–Crippen LogP) is 0.890. The first-order chi connectivity index (χ1) is 4.84. The van der Waals surface area contributed by atoms with E-state index < -0.39 is 0 Å². The van der Waals surface area contributed by atoms with Crippen LogP contribution in [0.5, 0.6) is 0 Å². The Morgan fingerprint density at radius 1 is 1.60 bits per heavy atom.